The first-order valence-electron chi connectivity index (χ1n) is 14.8. The molecule has 1 N–H and O–H groups in total. The van der Waals surface area contributed by atoms with Gasteiger partial charge in [0.2, 0.25) is 0 Å². The number of benzene rings is 2. The molecular weight excluding hydrogens is 553 g/mol. The molecule has 1 aliphatic heterocycles. The molecule has 1 fully saturated rings. The van der Waals surface area contributed by atoms with Crippen molar-refractivity contribution in [2.75, 3.05) is 51.8 Å². The van der Waals surface area contributed by atoms with Crippen LogP contribution in [0.15, 0.2) is 71.8 Å². The van der Waals surface area contributed by atoms with Crippen molar-refractivity contribution < 1.29 is 4.74 Å². The molecule has 6 nitrogen and oxygen atoms in total. The van der Waals surface area contributed by atoms with Crippen LogP contribution in [0, 0.1) is 5.92 Å². The maximum Gasteiger partial charge on any atom is 0.145 e. The summed E-state index contributed by atoms with van der Waals surface area (Å²) in [5.74, 6) is 2.15. The van der Waals surface area contributed by atoms with Gasteiger partial charge in [0, 0.05) is 67.9 Å². The van der Waals surface area contributed by atoms with E-state index in [0.717, 1.165) is 97.7 Å². The van der Waals surface area contributed by atoms with Crippen LogP contribution < -0.4 is 5.32 Å². The average Bonchev–Trinajstić information content (AvgIpc) is 3.22. The van der Waals surface area contributed by atoms with Gasteiger partial charge in [0.05, 0.1) is 12.1 Å². The second-order valence-corrected chi connectivity index (χ2v) is 11.1. The van der Waals surface area contributed by atoms with Crippen molar-refractivity contribution in [2.45, 2.75) is 45.7 Å². The molecule has 0 saturated carbocycles. The molecule has 1 saturated heterocycles. The monoisotopic (exact) mass is 595 g/mol. The lowest BCUT2D eigenvalue weighted by Gasteiger charge is -2.42. The Morgan fingerprint density at radius 2 is 1.76 bits per heavy atom. The summed E-state index contributed by atoms with van der Waals surface area (Å²) in [4.78, 5) is 14.9. The molecular formula is C33H43Cl2N5O. The number of aromatic nitrogens is 2. The lowest BCUT2D eigenvalue weighted by molar-refractivity contribution is 0.0717. The third kappa shape index (κ3) is 8.76. The van der Waals surface area contributed by atoms with Crippen LogP contribution in [-0.4, -0.2) is 66.2 Å². The van der Waals surface area contributed by atoms with E-state index in [0.29, 0.717) is 5.92 Å². The zero-order valence-electron chi connectivity index (χ0n) is 24.5. The molecule has 8 heteroatoms. The van der Waals surface area contributed by atoms with E-state index in [1.54, 1.807) is 7.11 Å². The van der Waals surface area contributed by atoms with Gasteiger partial charge < -0.3 is 10.1 Å². The number of ether oxygens (including phenoxy) is 1. The van der Waals surface area contributed by atoms with Gasteiger partial charge in [0.25, 0.3) is 0 Å². The number of allylic oxidation sites excluding steroid dienone is 3. The number of hydrogen-bond donors (Lipinski definition) is 1. The quantitative estimate of drug-likeness (QED) is 0.242. The molecule has 2 aromatic carbocycles. The predicted molar refractivity (Wildman–Crippen MR) is 173 cm³/mol. The van der Waals surface area contributed by atoms with Crippen LogP contribution in [0.3, 0.4) is 0 Å². The summed E-state index contributed by atoms with van der Waals surface area (Å²) >= 11 is 12.6. The van der Waals surface area contributed by atoms with Crippen molar-refractivity contribution in [3.8, 4) is 0 Å². The normalized spacial score (nSPS) is 18.8. The van der Waals surface area contributed by atoms with Gasteiger partial charge >= 0.3 is 0 Å². The third-order valence-electron chi connectivity index (χ3n) is 7.59. The van der Waals surface area contributed by atoms with E-state index in [1.807, 2.05) is 38.1 Å². The number of nitrogens with one attached hydrogen (secondary N) is 1. The standard InChI is InChI=1S/C31H37Cl2N5O.C2H6/c1-39-21-5-16-34-31-27-8-2-3-9-28(27)35-29(36-31)22-37-17-19-38(20-18-37)30(24-11-14-26(33)15-12-24)23-6-4-7-25(32)13-10-23;1-2/h2-3,7-15,23,30H,4-6,16-22H2,1H3,(H,34,35,36);1-2H3. The van der Waals surface area contributed by atoms with E-state index >= 15 is 0 Å². The highest BCUT2D eigenvalue weighted by atomic mass is 35.5. The largest absolute Gasteiger partial charge is 0.385 e. The number of methoxy groups -OCH3 is 1. The second-order valence-electron chi connectivity index (χ2n) is 10.3. The Balaban J connectivity index is 0.00000189. The van der Waals surface area contributed by atoms with Crippen molar-refractivity contribution in [3.05, 3.63) is 88.2 Å². The minimum atomic E-state index is 0.288. The van der Waals surface area contributed by atoms with Crippen molar-refractivity contribution in [3.63, 3.8) is 0 Å². The van der Waals surface area contributed by atoms with Crippen LogP contribution in [0.5, 0.6) is 0 Å². The summed E-state index contributed by atoms with van der Waals surface area (Å²) in [6.45, 7) is 10.2. The van der Waals surface area contributed by atoms with Gasteiger partial charge in [-0.05, 0) is 61.1 Å². The van der Waals surface area contributed by atoms with Gasteiger partial charge in [0.1, 0.15) is 11.6 Å². The Labute approximate surface area is 255 Å². The summed E-state index contributed by atoms with van der Waals surface area (Å²) in [5.41, 5.74) is 2.29. The zero-order chi connectivity index (χ0) is 29.0. The zero-order valence-corrected chi connectivity index (χ0v) is 26.0. The highest BCUT2D eigenvalue weighted by Crippen LogP contribution is 2.36. The van der Waals surface area contributed by atoms with Gasteiger partial charge in [0.15, 0.2) is 0 Å². The van der Waals surface area contributed by atoms with Crippen molar-refractivity contribution in [1.82, 2.24) is 19.8 Å². The fourth-order valence-corrected chi connectivity index (χ4v) is 5.91. The highest BCUT2D eigenvalue weighted by molar-refractivity contribution is 6.31. The molecule has 5 rings (SSSR count). The van der Waals surface area contributed by atoms with Crippen LogP contribution >= 0.6 is 23.2 Å². The number of rotatable bonds is 10. The molecule has 1 aromatic heterocycles. The molecule has 0 spiro atoms. The van der Waals surface area contributed by atoms with E-state index in [1.165, 1.54) is 5.56 Å². The molecule has 2 heterocycles. The van der Waals surface area contributed by atoms with Gasteiger partial charge in [-0.1, -0.05) is 73.5 Å². The number of fused-ring (bicyclic) bond motifs is 1. The van der Waals surface area contributed by atoms with Crippen LogP contribution in [0.2, 0.25) is 5.02 Å². The molecule has 2 aliphatic rings. The Morgan fingerprint density at radius 1 is 1.00 bits per heavy atom. The van der Waals surface area contributed by atoms with Gasteiger partial charge in [-0.3, -0.25) is 9.80 Å². The van der Waals surface area contributed by atoms with Gasteiger partial charge in [-0.25, -0.2) is 9.97 Å². The fourth-order valence-electron chi connectivity index (χ4n) is 5.60. The fraction of sp³-hybridized carbons (Fsp3) is 0.455. The Bertz CT molecular complexity index is 1290. The van der Waals surface area contributed by atoms with Crippen LogP contribution in [0.4, 0.5) is 5.82 Å². The lowest BCUT2D eigenvalue weighted by atomic mass is 9.87. The first-order chi connectivity index (χ1) is 20.1. The lowest BCUT2D eigenvalue weighted by Crippen LogP contribution is -2.48. The Morgan fingerprint density at radius 3 is 2.51 bits per heavy atom. The third-order valence-corrected chi connectivity index (χ3v) is 8.12. The van der Waals surface area contributed by atoms with Crippen LogP contribution in [0.1, 0.15) is 50.5 Å². The number of hydrogen-bond acceptors (Lipinski definition) is 6. The Hall–Kier alpha value is -2.48. The SMILES string of the molecule is CC.COCCCNc1nc(CN2CCN(C(c3ccc(Cl)cc3)C3C=CC(Cl)=CCC3)CC2)nc2ccccc12. The minimum absolute atomic E-state index is 0.288. The molecule has 41 heavy (non-hydrogen) atoms. The topological polar surface area (TPSA) is 53.5 Å². The number of para-hydroxylation sites is 1. The first kappa shape index (κ1) is 31.5. The van der Waals surface area contributed by atoms with E-state index in [4.69, 9.17) is 37.9 Å². The summed E-state index contributed by atoms with van der Waals surface area (Å²) in [5, 5.41) is 6.16. The molecule has 0 radical (unpaired) electrons. The van der Waals surface area contributed by atoms with Gasteiger partial charge in [-0.2, -0.15) is 0 Å². The number of halogens is 2. The van der Waals surface area contributed by atoms with Gasteiger partial charge in [-0.15, -0.1) is 0 Å². The van der Waals surface area contributed by atoms with Crippen molar-refractivity contribution >= 4 is 39.9 Å². The highest BCUT2D eigenvalue weighted by Gasteiger charge is 2.31. The molecule has 220 valence electrons. The number of anilines is 1. The summed E-state index contributed by atoms with van der Waals surface area (Å²) < 4.78 is 5.20. The van der Waals surface area contributed by atoms with E-state index in [2.05, 4.69) is 57.6 Å². The van der Waals surface area contributed by atoms with Crippen molar-refractivity contribution in [2.24, 2.45) is 5.92 Å². The molecule has 3 aromatic rings. The van der Waals surface area contributed by atoms with E-state index in [9.17, 15) is 0 Å². The molecule has 2 atom stereocenters. The summed E-state index contributed by atoms with van der Waals surface area (Å²) in [6.07, 6.45) is 9.48. The van der Waals surface area contributed by atoms with Crippen LogP contribution in [0.25, 0.3) is 10.9 Å². The molecule has 0 amide bonds. The average molecular weight is 597 g/mol. The summed E-state index contributed by atoms with van der Waals surface area (Å²) in [7, 11) is 1.73. The minimum Gasteiger partial charge on any atom is -0.385 e. The Kier molecular flexibility index (Phi) is 12.5. The van der Waals surface area contributed by atoms with E-state index < -0.39 is 0 Å². The molecule has 2 unspecified atom stereocenters. The maximum atomic E-state index is 6.34. The summed E-state index contributed by atoms with van der Waals surface area (Å²) in [6, 6.07) is 16.9. The number of nitrogens with zero attached hydrogens (tertiary/aromatic N) is 4. The molecule has 1 aliphatic carbocycles. The van der Waals surface area contributed by atoms with Crippen molar-refractivity contribution in [1.29, 1.82) is 0 Å². The first-order valence-corrected chi connectivity index (χ1v) is 15.6. The number of piperazine rings is 1. The second kappa shape index (κ2) is 16.2. The smallest absolute Gasteiger partial charge is 0.145 e. The van der Waals surface area contributed by atoms with E-state index in [-0.39, 0.29) is 6.04 Å². The molecule has 0 bridgehead atoms. The van der Waals surface area contributed by atoms with Crippen LogP contribution in [-0.2, 0) is 11.3 Å². The predicted octanol–water partition coefficient (Wildman–Crippen LogP) is 7.71. The maximum absolute atomic E-state index is 6.34.